The number of piperidine rings is 1. The Morgan fingerprint density at radius 3 is 2.40 bits per heavy atom. The maximum absolute atomic E-state index is 13.4. The highest BCUT2D eigenvalue weighted by molar-refractivity contribution is 7.89. The fourth-order valence-electron chi connectivity index (χ4n) is 3.93. The third kappa shape index (κ3) is 4.57. The van der Waals surface area contributed by atoms with Gasteiger partial charge in [0.15, 0.2) is 0 Å². The number of nitrogens with one attached hydrogen (secondary N) is 1. The van der Waals surface area contributed by atoms with Crippen LogP contribution in [-0.2, 0) is 21.4 Å². The Kier molecular flexibility index (Phi) is 6.34. The highest BCUT2D eigenvalue weighted by atomic mass is 32.2. The third-order valence-corrected chi connectivity index (χ3v) is 7.97. The summed E-state index contributed by atoms with van der Waals surface area (Å²) >= 11 is 0. The maximum Gasteiger partial charge on any atom is 0.243 e. The molecule has 30 heavy (non-hydrogen) atoms. The van der Waals surface area contributed by atoms with Gasteiger partial charge in [0.05, 0.1) is 10.3 Å². The van der Waals surface area contributed by atoms with Crippen molar-refractivity contribution in [3.05, 3.63) is 64.5 Å². The Bertz CT molecular complexity index is 1050. The van der Waals surface area contributed by atoms with Crippen LogP contribution < -0.4 is 5.32 Å². The van der Waals surface area contributed by atoms with Crippen molar-refractivity contribution in [2.24, 2.45) is 5.41 Å². The molecule has 3 rings (SSSR count). The first-order chi connectivity index (χ1) is 14.0. The average molecular weight is 433 g/mol. The lowest BCUT2D eigenvalue weighted by Crippen LogP contribution is -2.51. The van der Waals surface area contributed by atoms with Crippen LogP contribution in [0.1, 0.15) is 42.0 Å². The second-order valence-electron chi connectivity index (χ2n) is 8.51. The van der Waals surface area contributed by atoms with Gasteiger partial charge in [0.2, 0.25) is 15.9 Å². The molecule has 7 heteroatoms. The van der Waals surface area contributed by atoms with E-state index in [9.17, 15) is 17.6 Å². The molecule has 162 valence electrons. The van der Waals surface area contributed by atoms with E-state index in [4.69, 9.17) is 0 Å². The molecule has 0 saturated carbocycles. The molecule has 5 nitrogen and oxygen atoms in total. The molecule has 1 unspecified atom stereocenters. The van der Waals surface area contributed by atoms with Crippen molar-refractivity contribution in [1.29, 1.82) is 0 Å². The molecule has 1 fully saturated rings. The second kappa shape index (κ2) is 8.47. The van der Waals surface area contributed by atoms with E-state index in [1.54, 1.807) is 25.1 Å². The Labute approximate surface area is 178 Å². The number of hydrogen-bond donors (Lipinski definition) is 1. The number of carbonyl (C=O) groups is 1. The number of amides is 1. The first-order valence-corrected chi connectivity index (χ1v) is 11.6. The number of benzene rings is 2. The fraction of sp³-hybridized carbons (Fsp3) is 0.435. The molecule has 0 bridgehead atoms. The summed E-state index contributed by atoms with van der Waals surface area (Å²) in [7, 11) is -3.70. The first kappa shape index (κ1) is 22.4. The number of halogens is 1. The molecule has 2 aromatic carbocycles. The van der Waals surface area contributed by atoms with Crippen molar-refractivity contribution in [2.45, 2.75) is 52.0 Å². The van der Waals surface area contributed by atoms with Crippen molar-refractivity contribution >= 4 is 15.9 Å². The molecule has 0 radical (unpaired) electrons. The van der Waals surface area contributed by atoms with Gasteiger partial charge in [-0.05, 0) is 81.0 Å². The molecule has 0 aliphatic carbocycles. The van der Waals surface area contributed by atoms with Crippen LogP contribution in [0.4, 0.5) is 4.39 Å². The Hall–Kier alpha value is -2.25. The Morgan fingerprint density at radius 1 is 1.10 bits per heavy atom. The molecule has 1 atom stereocenters. The lowest BCUT2D eigenvalue weighted by Gasteiger charge is -2.38. The SMILES string of the molecule is Cc1cc(C)c(S(=O)(=O)N2CCCC(C)(C(=O)NCc3ccc(F)cc3)C2)cc1C. The summed E-state index contributed by atoms with van der Waals surface area (Å²) < 4.78 is 41.2. The number of hydrogen-bond acceptors (Lipinski definition) is 3. The Morgan fingerprint density at radius 2 is 1.73 bits per heavy atom. The predicted octanol–water partition coefficient (Wildman–Crippen LogP) is 3.86. The van der Waals surface area contributed by atoms with Gasteiger partial charge < -0.3 is 5.32 Å². The van der Waals surface area contributed by atoms with Gasteiger partial charge in [0.25, 0.3) is 0 Å². The average Bonchev–Trinajstić information content (AvgIpc) is 2.70. The zero-order valence-electron chi connectivity index (χ0n) is 18.0. The zero-order chi connectivity index (χ0) is 22.1. The van der Waals surface area contributed by atoms with E-state index in [2.05, 4.69) is 5.32 Å². The van der Waals surface area contributed by atoms with E-state index in [-0.39, 0.29) is 24.8 Å². The van der Waals surface area contributed by atoms with E-state index in [0.29, 0.717) is 29.8 Å². The van der Waals surface area contributed by atoms with E-state index < -0.39 is 15.4 Å². The summed E-state index contributed by atoms with van der Waals surface area (Å²) in [5, 5.41) is 2.89. The van der Waals surface area contributed by atoms with Gasteiger partial charge >= 0.3 is 0 Å². The maximum atomic E-state index is 13.4. The van der Waals surface area contributed by atoms with Crippen molar-refractivity contribution in [2.75, 3.05) is 13.1 Å². The van der Waals surface area contributed by atoms with E-state index in [0.717, 1.165) is 16.7 Å². The summed E-state index contributed by atoms with van der Waals surface area (Å²) in [5.41, 5.74) is 2.66. The first-order valence-electron chi connectivity index (χ1n) is 10.1. The monoisotopic (exact) mass is 432 g/mol. The van der Waals surface area contributed by atoms with Gasteiger partial charge in [0.1, 0.15) is 5.82 Å². The van der Waals surface area contributed by atoms with Crippen LogP contribution in [0.5, 0.6) is 0 Å². The highest BCUT2D eigenvalue weighted by Crippen LogP contribution is 2.34. The lowest BCUT2D eigenvalue weighted by atomic mass is 9.82. The number of carbonyl (C=O) groups excluding carboxylic acids is 1. The van der Waals surface area contributed by atoms with E-state index >= 15 is 0 Å². The van der Waals surface area contributed by atoms with E-state index in [1.165, 1.54) is 16.4 Å². The van der Waals surface area contributed by atoms with Crippen LogP contribution in [0.15, 0.2) is 41.3 Å². The van der Waals surface area contributed by atoms with Gasteiger partial charge in [-0.1, -0.05) is 18.2 Å². The van der Waals surface area contributed by atoms with Crippen LogP contribution in [0.25, 0.3) is 0 Å². The molecular weight excluding hydrogens is 403 g/mol. The minimum absolute atomic E-state index is 0.136. The number of rotatable bonds is 5. The summed E-state index contributed by atoms with van der Waals surface area (Å²) in [6.45, 7) is 8.28. The number of sulfonamides is 1. The molecule has 1 heterocycles. The van der Waals surface area contributed by atoms with Gasteiger partial charge in [-0.25, -0.2) is 12.8 Å². The van der Waals surface area contributed by atoms with Crippen molar-refractivity contribution < 1.29 is 17.6 Å². The van der Waals surface area contributed by atoms with Gasteiger partial charge in [-0.2, -0.15) is 4.31 Å². The number of aryl methyl sites for hydroxylation is 3. The van der Waals surface area contributed by atoms with Crippen LogP contribution in [0, 0.1) is 32.0 Å². The van der Waals surface area contributed by atoms with Crippen molar-refractivity contribution in [1.82, 2.24) is 9.62 Å². The van der Waals surface area contributed by atoms with Crippen LogP contribution in [0.3, 0.4) is 0 Å². The predicted molar refractivity (Wildman–Crippen MR) is 115 cm³/mol. The minimum Gasteiger partial charge on any atom is -0.352 e. The summed E-state index contributed by atoms with van der Waals surface area (Å²) in [5.74, 6) is -0.518. The summed E-state index contributed by atoms with van der Waals surface area (Å²) in [4.78, 5) is 13.2. The third-order valence-electron chi connectivity index (χ3n) is 5.99. The molecule has 2 aromatic rings. The molecule has 0 aromatic heterocycles. The molecule has 1 aliphatic rings. The van der Waals surface area contributed by atoms with Crippen LogP contribution in [0.2, 0.25) is 0 Å². The Balaban J connectivity index is 1.77. The zero-order valence-corrected chi connectivity index (χ0v) is 18.8. The van der Waals surface area contributed by atoms with E-state index in [1.807, 2.05) is 26.8 Å². The molecule has 0 spiro atoms. The normalized spacial score (nSPS) is 20.2. The van der Waals surface area contributed by atoms with Crippen molar-refractivity contribution in [3.8, 4) is 0 Å². The molecule has 1 N–H and O–H groups in total. The summed E-state index contributed by atoms with van der Waals surface area (Å²) in [6.07, 6.45) is 1.23. The largest absolute Gasteiger partial charge is 0.352 e. The quantitative estimate of drug-likeness (QED) is 0.780. The second-order valence-corrected chi connectivity index (χ2v) is 10.4. The lowest BCUT2D eigenvalue weighted by molar-refractivity contribution is -0.132. The van der Waals surface area contributed by atoms with Crippen molar-refractivity contribution in [3.63, 3.8) is 0 Å². The fourth-order valence-corrected chi connectivity index (χ4v) is 5.83. The topological polar surface area (TPSA) is 66.5 Å². The van der Waals surface area contributed by atoms with Gasteiger partial charge in [0, 0.05) is 19.6 Å². The van der Waals surface area contributed by atoms with Crippen LogP contribution >= 0.6 is 0 Å². The molecular formula is C23H29FN2O3S. The van der Waals surface area contributed by atoms with Crippen LogP contribution in [-0.4, -0.2) is 31.7 Å². The molecule has 1 amide bonds. The van der Waals surface area contributed by atoms with Gasteiger partial charge in [-0.3, -0.25) is 4.79 Å². The molecule has 1 saturated heterocycles. The molecule has 1 aliphatic heterocycles. The smallest absolute Gasteiger partial charge is 0.243 e. The standard InChI is InChI=1S/C23H29FN2O3S/c1-16-12-18(3)21(13-17(16)2)30(28,29)26-11-5-10-23(4,15-26)22(27)25-14-19-6-8-20(24)9-7-19/h6-9,12-13H,5,10-11,14-15H2,1-4H3,(H,25,27). The van der Waals surface area contributed by atoms with Gasteiger partial charge in [-0.15, -0.1) is 0 Å². The number of nitrogens with zero attached hydrogens (tertiary/aromatic N) is 1. The summed E-state index contributed by atoms with van der Waals surface area (Å²) in [6, 6.07) is 9.56. The minimum atomic E-state index is -3.70. The highest BCUT2D eigenvalue weighted by Gasteiger charge is 2.42.